The number of ether oxygens (including phenoxy) is 2. The van der Waals surface area contributed by atoms with Gasteiger partial charge < -0.3 is 19.5 Å². The summed E-state index contributed by atoms with van der Waals surface area (Å²) in [5.41, 5.74) is 4.68. The minimum atomic E-state index is -2.32. The second-order valence-electron chi connectivity index (χ2n) is 14.7. The van der Waals surface area contributed by atoms with Crippen LogP contribution in [0.2, 0.25) is 16.6 Å². The van der Waals surface area contributed by atoms with Crippen LogP contribution in [0.4, 0.5) is 14.6 Å². The standard InChI is InChI=1S/C39H49F2N4O4SSi/c1-10-28-30(40)13-12-26-18-27(49-22-48-9)19-29(33(26)28)36-35(41)37-34(31(42-36)14-17-51(23(2)3,24(4)5)25(6)7)38(44-32(43-37)20-50-47)45-16-11-15-39(8,46)21-45/h12-13,18-19,23-25,46H,10-11,15-16,20-22H2,1-9H3/q+1/t39-/m1/s1. The molecule has 0 radical (unpaired) electrons. The van der Waals surface area contributed by atoms with Crippen LogP contribution in [-0.2, 0) is 32.8 Å². The first-order valence-corrected chi connectivity index (χ1v) is 20.9. The van der Waals surface area contributed by atoms with Gasteiger partial charge in [0.05, 0.1) is 11.0 Å². The lowest BCUT2D eigenvalue weighted by atomic mass is 9.93. The summed E-state index contributed by atoms with van der Waals surface area (Å²) in [6.45, 7) is 17.7. The fourth-order valence-corrected chi connectivity index (χ4v) is 13.5. The van der Waals surface area contributed by atoms with Crippen molar-refractivity contribution in [3.05, 3.63) is 53.0 Å². The van der Waals surface area contributed by atoms with Crippen molar-refractivity contribution in [2.24, 2.45) is 0 Å². The highest BCUT2D eigenvalue weighted by Gasteiger charge is 2.42. The van der Waals surface area contributed by atoms with E-state index in [-0.39, 0.29) is 36.1 Å². The molecule has 4 aromatic rings. The maximum atomic E-state index is 17.5. The summed E-state index contributed by atoms with van der Waals surface area (Å²) in [5.74, 6) is 3.18. The van der Waals surface area contributed by atoms with Gasteiger partial charge in [-0.15, -0.1) is 5.54 Å². The normalized spacial score (nSPS) is 16.7. The molecule has 1 aliphatic rings. The quantitative estimate of drug-likeness (QED) is 0.0709. The van der Waals surface area contributed by atoms with Gasteiger partial charge in [-0.3, -0.25) is 0 Å². The van der Waals surface area contributed by atoms with Crippen molar-refractivity contribution in [2.75, 3.05) is 31.9 Å². The van der Waals surface area contributed by atoms with Crippen LogP contribution in [0.15, 0.2) is 24.3 Å². The highest BCUT2D eigenvalue weighted by atomic mass is 32.1. The van der Waals surface area contributed by atoms with Gasteiger partial charge in [-0.05, 0) is 77.3 Å². The minimum absolute atomic E-state index is 0.0275. The summed E-state index contributed by atoms with van der Waals surface area (Å²) >= 11 is 0.297. The number of benzene rings is 2. The summed E-state index contributed by atoms with van der Waals surface area (Å²) in [6.07, 6.45) is 1.65. The number of hydrogen-bond acceptors (Lipinski definition) is 8. The Morgan fingerprint density at radius 3 is 2.37 bits per heavy atom. The number of methoxy groups -OCH3 is 1. The number of anilines is 1. The van der Waals surface area contributed by atoms with E-state index >= 15 is 8.78 Å². The Morgan fingerprint density at radius 2 is 1.76 bits per heavy atom. The van der Waals surface area contributed by atoms with Crippen LogP contribution in [0.25, 0.3) is 32.9 Å². The molecule has 3 heterocycles. The molecule has 1 saturated heterocycles. The smallest absolute Gasteiger partial charge is 0.467 e. The van der Waals surface area contributed by atoms with E-state index in [0.717, 1.165) is 0 Å². The zero-order chi connectivity index (χ0) is 37.2. The number of rotatable bonds is 11. The number of pyridine rings is 1. The summed E-state index contributed by atoms with van der Waals surface area (Å²) in [7, 11) is -0.811. The second kappa shape index (κ2) is 15.5. The Balaban J connectivity index is 1.97. The number of aliphatic hydroxyl groups is 1. The van der Waals surface area contributed by atoms with Crippen LogP contribution >= 0.6 is 0 Å². The molecule has 1 fully saturated rings. The van der Waals surface area contributed by atoms with Gasteiger partial charge in [0.15, 0.2) is 18.4 Å². The first-order valence-electron chi connectivity index (χ1n) is 17.7. The SMILES string of the molecule is CCc1c(F)ccc2cc(OCOC)cc(-c3nc(C#C[Si](C(C)C)(C(C)C)C(C)C)c4c(N5CCC[C@@](C)(O)C5)nc(C[S+]=O)nc4c3F)c12. The Bertz CT molecular complexity index is 1990. The molecule has 2 aromatic heterocycles. The van der Waals surface area contributed by atoms with E-state index < -0.39 is 25.3 Å². The monoisotopic (exact) mass is 735 g/mol. The topological polar surface area (TPSA) is 97.7 Å². The average molecular weight is 736 g/mol. The molecule has 1 atom stereocenters. The van der Waals surface area contributed by atoms with Crippen molar-refractivity contribution in [3.63, 3.8) is 0 Å². The molecule has 0 aliphatic carbocycles. The number of halogens is 2. The maximum absolute atomic E-state index is 17.5. The first kappa shape index (κ1) is 38.6. The molecule has 12 heteroatoms. The van der Waals surface area contributed by atoms with Crippen LogP contribution < -0.4 is 9.64 Å². The molecule has 0 spiro atoms. The van der Waals surface area contributed by atoms with Gasteiger partial charge in [0, 0.05) is 30.0 Å². The van der Waals surface area contributed by atoms with Gasteiger partial charge in [0.1, 0.15) is 42.4 Å². The van der Waals surface area contributed by atoms with Crippen molar-refractivity contribution in [2.45, 2.75) is 103 Å². The molecule has 2 aromatic carbocycles. The van der Waals surface area contributed by atoms with Crippen molar-refractivity contribution in [3.8, 4) is 28.5 Å². The molecule has 0 unspecified atom stereocenters. The van der Waals surface area contributed by atoms with Gasteiger partial charge >= 0.3 is 11.7 Å². The Kier molecular flexibility index (Phi) is 11.8. The van der Waals surface area contributed by atoms with Crippen LogP contribution in [0, 0.1) is 23.1 Å². The van der Waals surface area contributed by atoms with E-state index in [2.05, 4.69) is 58.0 Å². The van der Waals surface area contributed by atoms with Crippen molar-refractivity contribution >= 4 is 47.2 Å². The molecule has 51 heavy (non-hydrogen) atoms. The minimum Gasteiger partial charge on any atom is -0.468 e. The van der Waals surface area contributed by atoms with E-state index in [0.29, 0.717) is 98.6 Å². The predicted octanol–water partition coefficient (Wildman–Crippen LogP) is 8.52. The number of piperidine rings is 1. The molecule has 0 amide bonds. The molecule has 0 saturated carbocycles. The Morgan fingerprint density at radius 1 is 1.06 bits per heavy atom. The van der Waals surface area contributed by atoms with E-state index in [1.807, 2.05) is 11.8 Å². The van der Waals surface area contributed by atoms with E-state index in [9.17, 15) is 9.32 Å². The molecular weight excluding hydrogens is 687 g/mol. The van der Waals surface area contributed by atoms with Crippen LogP contribution in [0.5, 0.6) is 5.75 Å². The van der Waals surface area contributed by atoms with E-state index in [1.165, 1.54) is 13.2 Å². The summed E-state index contributed by atoms with van der Waals surface area (Å²) in [6, 6.07) is 6.48. The van der Waals surface area contributed by atoms with Crippen LogP contribution in [-0.4, -0.2) is 60.7 Å². The molecule has 8 nitrogen and oxygen atoms in total. The second-order valence-corrected chi connectivity index (χ2v) is 20.8. The number of β-amino-alcohol motifs (C(OH)–C–C–N with tert-alkyl or cyclic N) is 1. The van der Waals surface area contributed by atoms with Gasteiger partial charge in [-0.2, -0.15) is 0 Å². The van der Waals surface area contributed by atoms with Crippen molar-refractivity contribution < 1.29 is 27.6 Å². The third-order valence-corrected chi connectivity index (χ3v) is 17.0. The fourth-order valence-electron chi connectivity index (χ4n) is 8.05. The highest BCUT2D eigenvalue weighted by Crippen LogP contribution is 2.43. The van der Waals surface area contributed by atoms with Crippen LogP contribution in [0.3, 0.4) is 0 Å². The van der Waals surface area contributed by atoms with Gasteiger partial charge in [-0.25, -0.2) is 23.7 Å². The fraction of sp³-hybridized carbons (Fsp3) is 0.513. The molecule has 1 aliphatic heterocycles. The molecule has 0 bridgehead atoms. The number of aromatic nitrogens is 3. The van der Waals surface area contributed by atoms with Gasteiger partial charge in [-0.1, -0.05) is 60.5 Å². The van der Waals surface area contributed by atoms with E-state index in [1.54, 1.807) is 25.1 Å². The number of nitrogens with zero attached hydrogens (tertiary/aromatic N) is 4. The lowest BCUT2D eigenvalue weighted by Crippen LogP contribution is -2.46. The lowest BCUT2D eigenvalue weighted by molar-refractivity contribution is 0.0447. The average Bonchev–Trinajstić information content (AvgIpc) is 3.07. The van der Waals surface area contributed by atoms with Gasteiger partial charge in [0.2, 0.25) is 0 Å². The predicted molar refractivity (Wildman–Crippen MR) is 204 cm³/mol. The highest BCUT2D eigenvalue weighted by molar-refractivity contribution is 7.64. The largest absolute Gasteiger partial charge is 0.468 e. The zero-order valence-electron chi connectivity index (χ0n) is 31.1. The third kappa shape index (κ3) is 7.49. The molecule has 5 rings (SSSR count). The zero-order valence-corrected chi connectivity index (χ0v) is 32.9. The molecular formula is C39H49F2N4O4SSi+. The molecule has 1 N–H and O–H groups in total. The number of hydrogen-bond donors (Lipinski definition) is 1. The lowest BCUT2D eigenvalue weighted by Gasteiger charge is -2.38. The third-order valence-electron chi connectivity index (χ3n) is 10.3. The number of aryl methyl sites for hydroxylation is 1. The summed E-state index contributed by atoms with van der Waals surface area (Å²) < 4.78 is 55.7. The summed E-state index contributed by atoms with van der Waals surface area (Å²) in [4.78, 5) is 16.4. The van der Waals surface area contributed by atoms with Gasteiger partial charge in [0.25, 0.3) is 5.75 Å². The molecule has 272 valence electrons. The summed E-state index contributed by atoms with van der Waals surface area (Å²) in [5, 5.41) is 12.6. The Labute approximate surface area is 304 Å². The number of fused-ring (bicyclic) bond motifs is 2. The maximum Gasteiger partial charge on any atom is 0.467 e. The first-order chi connectivity index (χ1) is 24.2. The van der Waals surface area contributed by atoms with Crippen molar-refractivity contribution in [1.29, 1.82) is 0 Å². The van der Waals surface area contributed by atoms with Crippen molar-refractivity contribution in [1.82, 2.24) is 15.0 Å². The van der Waals surface area contributed by atoms with E-state index in [4.69, 9.17) is 19.4 Å². The Hall–Kier alpha value is -3.63. The van der Waals surface area contributed by atoms with Crippen LogP contribution in [0.1, 0.15) is 85.3 Å².